The Hall–Kier alpha value is -1.10. The molecule has 4 heteroatoms. The van der Waals surface area contributed by atoms with Crippen LogP contribution in [0.15, 0.2) is 24.3 Å². The highest BCUT2D eigenvalue weighted by molar-refractivity contribution is 5.27. The topological polar surface area (TPSA) is 52.9 Å². The quantitative estimate of drug-likeness (QED) is 0.822. The molecule has 0 aromatic heterocycles. The molecule has 1 fully saturated rings. The van der Waals surface area contributed by atoms with Crippen LogP contribution < -0.4 is 0 Å². The van der Waals surface area contributed by atoms with Crippen LogP contribution in [0.5, 0.6) is 5.75 Å². The van der Waals surface area contributed by atoms with Crippen molar-refractivity contribution in [2.75, 3.05) is 19.7 Å². The third kappa shape index (κ3) is 3.43. The molecule has 17 heavy (non-hydrogen) atoms. The molecule has 0 amide bonds. The van der Waals surface area contributed by atoms with E-state index in [0.717, 1.165) is 25.2 Å². The highest BCUT2D eigenvalue weighted by atomic mass is 16.5. The number of ether oxygens (including phenoxy) is 1. The number of rotatable bonds is 3. The SMILES string of the molecule is CC1CN(Cc2cccc(O)c2)CC(CO)O1. The Morgan fingerprint density at radius 2 is 2.24 bits per heavy atom. The van der Waals surface area contributed by atoms with Gasteiger partial charge in [-0.05, 0) is 24.6 Å². The molecule has 94 valence electrons. The number of aliphatic hydroxyl groups is 1. The Morgan fingerprint density at radius 1 is 1.41 bits per heavy atom. The molecular weight excluding hydrogens is 218 g/mol. The van der Waals surface area contributed by atoms with Crippen molar-refractivity contribution in [2.24, 2.45) is 0 Å². The Kier molecular flexibility index (Phi) is 3.99. The normalized spacial score (nSPS) is 26.0. The summed E-state index contributed by atoms with van der Waals surface area (Å²) in [5.41, 5.74) is 1.08. The lowest BCUT2D eigenvalue weighted by atomic mass is 10.1. The summed E-state index contributed by atoms with van der Waals surface area (Å²) in [4.78, 5) is 2.24. The number of aliphatic hydroxyl groups excluding tert-OH is 1. The second-order valence-corrected chi connectivity index (χ2v) is 4.62. The summed E-state index contributed by atoms with van der Waals surface area (Å²) < 4.78 is 5.59. The lowest BCUT2D eigenvalue weighted by Gasteiger charge is -2.36. The number of nitrogens with zero attached hydrogens (tertiary/aromatic N) is 1. The van der Waals surface area contributed by atoms with E-state index >= 15 is 0 Å². The fraction of sp³-hybridized carbons (Fsp3) is 0.538. The smallest absolute Gasteiger partial charge is 0.115 e. The zero-order valence-electron chi connectivity index (χ0n) is 10.0. The molecule has 2 unspecified atom stereocenters. The molecule has 1 heterocycles. The average molecular weight is 237 g/mol. The number of benzene rings is 1. The van der Waals surface area contributed by atoms with Crippen LogP contribution in [0.25, 0.3) is 0 Å². The number of phenolic OH excluding ortho intramolecular Hbond substituents is 1. The zero-order valence-corrected chi connectivity index (χ0v) is 10.0. The lowest BCUT2D eigenvalue weighted by molar-refractivity contribution is -0.0972. The van der Waals surface area contributed by atoms with Crippen LogP contribution >= 0.6 is 0 Å². The van der Waals surface area contributed by atoms with E-state index in [0.29, 0.717) is 5.75 Å². The minimum Gasteiger partial charge on any atom is -0.508 e. The van der Waals surface area contributed by atoms with E-state index < -0.39 is 0 Å². The summed E-state index contributed by atoms with van der Waals surface area (Å²) in [6.07, 6.45) is 0.0364. The molecule has 1 aromatic carbocycles. The van der Waals surface area contributed by atoms with Gasteiger partial charge >= 0.3 is 0 Å². The first-order chi connectivity index (χ1) is 8.17. The number of aromatic hydroxyl groups is 1. The van der Waals surface area contributed by atoms with Gasteiger partial charge in [0.1, 0.15) is 5.75 Å². The molecular formula is C13H19NO3. The van der Waals surface area contributed by atoms with Gasteiger partial charge in [-0.25, -0.2) is 0 Å². The molecule has 2 rings (SSSR count). The fourth-order valence-corrected chi connectivity index (χ4v) is 2.28. The summed E-state index contributed by atoms with van der Waals surface area (Å²) >= 11 is 0. The van der Waals surface area contributed by atoms with Crippen LogP contribution in [0, 0.1) is 0 Å². The van der Waals surface area contributed by atoms with E-state index in [1.165, 1.54) is 0 Å². The summed E-state index contributed by atoms with van der Waals surface area (Å²) in [5.74, 6) is 0.294. The highest BCUT2D eigenvalue weighted by Crippen LogP contribution is 2.17. The Morgan fingerprint density at radius 3 is 2.94 bits per heavy atom. The Balaban J connectivity index is 1.98. The van der Waals surface area contributed by atoms with Gasteiger partial charge in [-0.15, -0.1) is 0 Å². The average Bonchev–Trinajstić information content (AvgIpc) is 2.28. The second-order valence-electron chi connectivity index (χ2n) is 4.62. The Labute approximate surface area is 101 Å². The lowest BCUT2D eigenvalue weighted by Crippen LogP contribution is -2.47. The van der Waals surface area contributed by atoms with E-state index in [9.17, 15) is 5.11 Å². The maximum absolute atomic E-state index is 9.41. The van der Waals surface area contributed by atoms with Crippen molar-refractivity contribution >= 4 is 0 Å². The molecule has 0 aliphatic carbocycles. The summed E-state index contributed by atoms with van der Waals surface area (Å²) in [6, 6.07) is 7.28. The molecule has 0 radical (unpaired) electrons. The van der Waals surface area contributed by atoms with Crippen molar-refractivity contribution in [3.8, 4) is 5.75 Å². The first-order valence-electron chi connectivity index (χ1n) is 5.94. The summed E-state index contributed by atoms with van der Waals surface area (Å²) in [7, 11) is 0. The van der Waals surface area contributed by atoms with Gasteiger partial charge < -0.3 is 14.9 Å². The third-order valence-corrected chi connectivity index (χ3v) is 2.92. The zero-order chi connectivity index (χ0) is 12.3. The monoisotopic (exact) mass is 237 g/mol. The molecule has 1 aliphatic rings. The molecule has 4 nitrogen and oxygen atoms in total. The number of hydrogen-bond donors (Lipinski definition) is 2. The van der Waals surface area contributed by atoms with Crippen LogP contribution in [0.4, 0.5) is 0 Å². The van der Waals surface area contributed by atoms with E-state index in [4.69, 9.17) is 9.84 Å². The Bertz CT molecular complexity index is 369. The van der Waals surface area contributed by atoms with Gasteiger partial charge in [-0.2, -0.15) is 0 Å². The molecule has 0 saturated carbocycles. The van der Waals surface area contributed by atoms with E-state index in [1.807, 2.05) is 19.1 Å². The van der Waals surface area contributed by atoms with Crippen molar-refractivity contribution in [1.29, 1.82) is 0 Å². The molecule has 0 bridgehead atoms. The van der Waals surface area contributed by atoms with Gasteiger partial charge in [0.05, 0.1) is 18.8 Å². The van der Waals surface area contributed by atoms with Crippen LogP contribution in [0.3, 0.4) is 0 Å². The highest BCUT2D eigenvalue weighted by Gasteiger charge is 2.24. The van der Waals surface area contributed by atoms with Crippen LogP contribution in [-0.2, 0) is 11.3 Å². The summed E-state index contributed by atoms with van der Waals surface area (Å²) in [6.45, 7) is 4.43. The predicted molar refractivity (Wildman–Crippen MR) is 64.8 cm³/mol. The van der Waals surface area contributed by atoms with Gasteiger partial charge in [0, 0.05) is 19.6 Å². The first kappa shape index (κ1) is 12.4. The van der Waals surface area contributed by atoms with Gasteiger partial charge in [-0.3, -0.25) is 4.90 Å². The minimum atomic E-state index is -0.101. The maximum atomic E-state index is 9.41. The van der Waals surface area contributed by atoms with Gasteiger partial charge in [-0.1, -0.05) is 12.1 Å². The molecule has 1 aromatic rings. The second kappa shape index (κ2) is 5.49. The van der Waals surface area contributed by atoms with Crippen LogP contribution in [0.2, 0.25) is 0 Å². The number of phenols is 1. The fourth-order valence-electron chi connectivity index (χ4n) is 2.28. The van der Waals surface area contributed by atoms with E-state index in [1.54, 1.807) is 12.1 Å². The van der Waals surface area contributed by atoms with Crippen LogP contribution in [-0.4, -0.2) is 47.0 Å². The molecule has 1 saturated heterocycles. The van der Waals surface area contributed by atoms with Gasteiger partial charge in [0.15, 0.2) is 0 Å². The van der Waals surface area contributed by atoms with Crippen molar-refractivity contribution in [3.05, 3.63) is 29.8 Å². The third-order valence-electron chi connectivity index (χ3n) is 2.92. The molecule has 0 spiro atoms. The van der Waals surface area contributed by atoms with Crippen molar-refractivity contribution in [2.45, 2.75) is 25.7 Å². The standard InChI is InChI=1S/C13H19NO3/c1-10-6-14(8-13(9-15)17-10)7-11-3-2-4-12(16)5-11/h2-5,10,13,15-16H,6-9H2,1H3. The molecule has 2 N–H and O–H groups in total. The van der Waals surface area contributed by atoms with Crippen molar-refractivity contribution < 1.29 is 14.9 Å². The maximum Gasteiger partial charge on any atom is 0.115 e. The van der Waals surface area contributed by atoms with Crippen molar-refractivity contribution in [1.82, 2.24) is 4.90 Å². The van der Waals surface area contributed by atoms with Crippen LogP contribution in [0.1, 0.15) is 12.5 Å². The predicted octanol–water partition coefficient (Wildman–Crippen LogP) is 0.974. The molecule has 2 atom stereocenters. The minimum absolute atomic E-state index is 0.0564. The number of hydrogen-bond acceptors (Lipinski definition) is 4. The largest absolute Gasteiger partial charge is 0.508 e. The van der Waals surface area contributed by atoms with Gasteiger partial charge in [0.25, 0.3) is 0 Å². The first-order valence-corrected chi connectivity index (χ1v) is 5.94. The van der Waals surface area contributed by atoms with E-state index in [-0.39, 0.29) is 18.8 Å². The molecule has 1 aliphatic heterocycles. The number of morpholine rings is 1. The van der Waals surface area contributed by atoms with E-state index in [2.05, 4.69) is 4.90 Å². The van der Waals surface area contributed by atoms with Crippen molar-refractivity contribution in [3.63, 3.8) is 0 Å². The van der Waals surface area contributed by atoms with Gasteiger partial charge in [0.2, 0.25) is 0 Å². The summed E-state index contributed by atoms with van der Waals surface area (Å²) in [5, 5.41) is 18.6.